The number of amides is 1. The van der Waals surface area contributed by atoms with E-state index in [1.54, 1.807) is 0 Å². The normalized spacial score (nSPS) is 19.6. The van der Waals surface area contributed by atoms with Crippen LogP contribution in [0.1, 0.15) is 48.5 Å². The number of fused-ring (bicyclic) bond motifs is 1. The van der Waals surface area contributed by atoms with E-state index in [1.807, 2.05) is 6.07 Å². The third-order valence-corrected chi connectivity index (χ3v) is 4.18. The molecule has 0 radical (unpaired) electrons. The van der Waals surface area contributed by atoms with E-state index >= 15 is 0 Å². The van der Waals surface area contributed by atoms with Gasteiger partial charge in [-0.1, -0.05) is 18.2 Å². The molecule has 19 heavy (non-hydrogen) atoms. The van der Waals surface area contributed by atoms with Crippen LogP contribution in [0.15, 0.2) is 18.2 Å². The molecule has 1 atom stereocenters. The van der Waals surface area contributed by atoms with Crippen LogP contribution in [0.5, 0.6) is 0 Å². The van der Waals surface area contributed by atoms with Crippen molar-refractivity contribution in [1.82, 2.24) is 5.32 Å². The maximum Gasteiger partial charge on any atom is 0.223 e. The van der Waals surface area contributed by atoms with Crippen molar-refractivity contribution in [2.24, 2.45) is 5.92 Å². The van der Waals surface area contributed by atoms with Gasteiger partial charge in [-0.2, -0.15) is 0 Å². The van der Waals surface area contributed by atoms with Crippen LogP contribution in [0.25, 0.3) is 0 Å². The largest absolute Gasteiger partial charge is 0.387 e. The first-order valence-corrected chi connectivity index (χ1v) is 7.31. The Bertz CT molecular complexity index is 480. The molecule has 2 aliphatic carbocycles. The lowest BCUT2D eigenvalue weighted by molar-refractivity contribution is -0.122. The fraction of sp³-hybridized carbons (Fsp3) is 0.562. The number of carbonyl (C=O) groups is 1. The fourth-order valence-electron chi connectivity index (χ4n) is 2.77. The van der Waals surface area contributed by atoms with Gasteiger partial charge in [0.2, 0.25) is 5.91 Å². The van der Waals surface area contributed by atoms with Crippen LogP contribution in [0.2, 0.25) is 0 Å². The second-order valence-corrected chi connectivity index (χ2v) is 5.77. The highest BCUT2D eigenvalue weighted by Crippen LogP contribution is 2.29. The van der Waals surface area contributed by atoms with Gasteiger partial charge in [0.25, 0.3) is 0 Å². The van der Waals surface area contributed by atoms with Crippen LogP contribution in [0.4, 0.5) is 0 Å². The summed E-state index contributed by atoms with van der Waals surface area (Å²) < 4.78 is 0. The van der Waals surface area contributed by atoms with Gasteiger partial charge >= 0.3 is 0 Å². The molecule has 0 spiro atoms. The summed E-state index contributed by atoms with van der Waals surface area (Å²) in [7, 11) is 0. The van der Waals surface area contributed by atoms with Gasteiger partial charge in [0.15, 0.2) is 0 Å². The molecule has 2 N–H and O–H groups in total. The SMILES string of the molecule is O=C(NCC(O)c1ccc2c(c1)CCCC2)C1CC1. The lowest BCUT2D eigenvalue weighted by atomic mass is 9.89. The molecule has 3 rings (SSSR count). The smallest absolute Gasteiger partial charge is 0.223 e. The summed E-state index contributed by atoms with van der Waals surface area (Å²) in [6.45, 7) is 0.328. The van der Waals surface area contributed by atoms with Gasteiger partial charge in [0, 0.05) is 12.5 Å². The number of aryl methyl sites for hydroxylation is 2. The number of hydrogen-bond donors (Lipinski definition) is 2. The van der Waals surface area contributed by atoms with Crippen molar-refractivity contribution in [2.75, 3.05) is 6.54 Å². The molecule has 1 fully saturated rings. The maximum absolute atomic E-state index is 11.6. The van der Waals surface area contributed by atoms with Crippen LogP contribution in [-0.4, -0.2) is 17.6 Å². The number of aliphatic hydroxyl groups excluding tert-OH is 1. The van der Waals surface area contributed by atoms with E-state index in [2.05, 4.69) is 17.4 Å². The third kappa shape index (κ3) is 2.98. The van der Waals surface area contributed by atoms with Crippen molar-refractivity contribution >= 4 is 5.91 Å². The minimum absolute atomic E-state index is 0.0945. The zero-order valence-electron chi connectivity index (χ0n) is 11.2. The molecular formula is C16H21NO2. The van der Waals surface area contributed by atoms with Gasteiger partial charge in [-0.15, -0.1) is 0 Å². The number of benzene rings is 1. The average molecular weight is 259 g/mol. The first kappa shape index (κ1) is 12.7. The van der Waals surface area contributed by atoms with Gasteiger partial charge in [-0.05, 0) is 55.2 Å². The zero-order valence-corrected chi connectivity index (χ0v) is 11.2. The molecule has 2 aliphatic rings. The van der Waals surface area contributed by atoms with Gasteiger partial charge < -0.3 is 10.4 Å². The predicted octanol–water partition coefficient (Wildman–Crippen LogP) is 2.12. The molecule has 0 aromatic heterocycles. The van der Waals surface area contributed by atoms with Crippen LogP contribution in [0.3, 0.4) is 0 Å². The maximum atomic E-state index is 11.6. The summed E-state index contributed by atoms with van der Waals surface area (Å²) in [6.07, 6.45) is 6.20. The quantitative estimate of drug-likeness (QED) is 0.870. The second-order valence-electron chi connectivity index (χ2n) is 5.77. The molecule has 0 saturated heterocycles. The van der Waals surface area contributed by atoms with E-state index in [4.69, 9.17) is 0 Å². The topological polar surface area (TPSA) is 49.3 Å². The fourth-order valence-corrected chi connectivity index (χ4v) is 2.77. The molecule has 1 unspecified atom stereocenters. The molecule has 0 bridgehead atoms. The number of hydrogen-bond acceptors (Lipinski definition) is 2. The summed E-state index contributed by atoms with van der Waals surface area (Å²) in [5.41, 5.74) is 3.72. The summed E-state index contributed by atoms with van der Waals surface area (Å²) in [5, 5.41) is 13.0. The van der Waals surface area contributed by atoms with Crippen LogP contribution < -0.4 is 5.32 Å². The van der Waals surface area contributed by atoms with Gasteiger partial charge in [0.05, 0.1) is 6.10 Å². The van der Waals surface area contributed by atoms with Crippen molar-refractivity contribution in [3.8, 4) is 0 Å². The lowest BCUT2D eigenvalue weighted by Crippen LogP contribution is -2.29. The first-order chi connectivity index (χ1) is 9.24. The van der Waals surface area contributed by atoms with Crippen molar-refractivity contribution in [2.45, 2.75) is 44.6 Å². The Balaban J connectivity index is 1.62. The molecule has 1 amide bonds. The third-order valence-electron chi connectivity index (χ3n) is 4.18. The Morgan fingerprint density at radius 1 is 1.26 bits per heavy atom. The molecule has 0 aliphatic heterocycles. The average Bonchev–Trinajstić information content (AvgIpc) is 3.28. The van der Waals surface area contributed by atoms with E-state index in [0.717, 1.165) is 31.2 Å². The van der Waals surface area contributed by atoms with E-state index in [0.29, 0.717) is 6.54 Å². The summed E-state index contributed by atoms with van der Waals surface area (Å²) in [5.74, 6) is 0.299. The Kier molecular flexibility index (Phi) is 3.56. The van der Waals surface area contributed by atoms with Crippen molar-refractivity contribution in [3.05, 3.63) is 34.9 Å². The van der Waals surface area contributed by atoms with E-state index in [9.17, 15) is 9.90 Å². The van der Waals surface area contributed by atoms with Crippen molar-refractivity contribution in [1.29, 1.82) is 0 Å². The van der Waals surface area contributed by atoms with Crippen molar-refractivity contribution in [3.63, 3.8) is 0 Å². The van der Waals surface area contributed by atoms with Crippen LogP contribution >= 0.6 is 0 Å². The minimum atomic E-state index is -0.588. The minimum Gasteiger partial charge on any atom is -0.387 e. The lowest BCUT2D eigenvalue weighted by Gasteiger charge is -2.19. The second kappa shape index (κ2) is 5.33. The highest BCUT2D eigenvalue weighted by Gasteiger charge is 2.29. The number of aliphatic hydroxyl groups is 1. The summed E-state index contributed by atoms with van der Waals surface area (Å²) >= 11 is 0. The van der Waals surface area contributed by atoms with Gasteiger partial charge in [-0.3, -0.25) is 4.79 Å². The highest BCUT2D eigenvalue weighted by atomic mass is 16.3. The molecule has 3 heteroatoms. The molecular weight excluding hydrogens is 238 g/mol. The van der Waals surface area contributed by atoms with Crippen LogP contribution in [0, 0.1) is 5.92 Å². The molecule has 3 nitrogen and oxygen atoms in total. The molecule has 102 valence electrons. The van der Waals surface area contributed by atoms with E-state index in [-0.39, 0.29) is 11.8 Å². The zero-order chi connectivity index (χ0) is 13.2. The standard InChI is InChI=1S/C16H21NO2/c18-15(10-17-16(19)12-6-7-12)14-8-5-11-3-1-2-4-13(11)9-14/h5,8-9,12,15,18H,1-4,6-7,10H2,(H,17,19). The number of carbonyl (C=O) groups excluding carboxylic acids is 1. The highest BCUT2D eigenvalue weighted by molar-refractivity contribution is 5.80. The van der Waals surface area contributed by atoms with E-state index < -0.39 is 6.10 Å². The van der Waals surface area contributed by atoms with Gasteiger partial charge in [0.1, 0.15) is 0 Å². The monoisotopic (exact) mass is 259 g/mol. The molecule has 1 aromatic carbocycles. The summed E-state index contributed by atoms with van der Waals surface area (Å²) in [4.78, 5) is 11.6. The Labute approximate surface area is 114 Å². The molecule has 0 heterocycles. The Morgan fingerprint density at radius 3 is 2.74 bits per heavy atom. The van der Waals surface area contributed by atoms with Gasteiger partial charge in [-0.25, -0.2) is 0 Å². The molecule has 1 aromatic rings. The van der Waals surface area contributed by atoms with Crippen LogP contribution in [-0.2, 0) is 17.6 Å². The predicted molar refractivity (Wildman–Crippen MR) is 73.8 cm³/mol. The first-order valence-electron chi connectivity index (χ1n) is 7.31. The number of rotatable bonds is 4. The van der Waals surface area contributed by atoms with E-state index in [1.165, 1.54) is 24.0 Å². The number of nitrogens with one attached hydrogen (secondary N) is 1. The Morgan fingerprint density at radius 2 is 2.00 bits per heavy atom. The molecule has 1 saturated carbocycles. The summed E-state index contributed by atoms with van der Waals surface area (Å²) in [6, 6.07) is 6.25. The Hall–Kier alpha value is -1.35. The van der Waals surface area contributed by atoms with Crippen molar-refractivity contribution < 1.29 is 9.90 Å².